The van der Waals surface area contributed by atoms with Crippen molar-refractivity contribution in [3.63, 3.8) is 0 Å². The van der Waals surface area contributed by atoms with Crippen LogP contribution in [0.2, 0.25) is 5.02 Å². The lowest BCUT2D eigenvalue weighted by Gasteiger charge is -2.05. The van der Waals surface area contributed by atoms with E-state index in [9.17, 15) is 19.3 Å². The largest absolute Gasteiger partial charge is 0.322 e. The number of carbonyl (C=O) groups excluding carboxylic acids is 1. The molecule has 1 aromatic carbocycles. The van der Waals surface area contributed by atoms with Crippen molar-refractivity contribution >= 4 is 28.9 Å². The minimum Gasteiger partial charge on any atom is -0.322 e. The Morgan fingerprint density at radius 1 is 1.27 bits per heavy atom. The van der Waals surface area contributed by atoms with Crippen LogP contribution < -0.4 is 5.32 Å². The van der Waals surface area contributed by atoms with Crippen molar-refractivity contribution in [3.05, 3.63) is 69.5 Å². The summed E-state index contributed by atoms with van der Waals surface area (Å²) in [6.45, 7) is 0.128. The number of benzene rings is 1. The summed E-state index contributed by atoms with van der Waals surface area (Å²) in [6.07, 6.45) is 5.27. The second-order valence-electron chi connectivity index (χ2n) is 5.36. The van der Waals surface area contributed by atoms with Crippen LogP contribution in [0.4, 0.5) is 15.8 Å². The predicted octanol–water partition coefficient (Wildman–Crippen LogP) is 2.47. The highest BCUT2D eigenvalue weighted by Crippen LogP contribution is 2.19. The van der Waals surface area contributed by atoms with Crippen LogP contribution in [0.15, 0.2) is 43.0 Å². The highest BCUT2D eigenvalue weighted by atomic mass is 35.5. The fraction of sp³-hybridized carbons (Fsp3) is 0.133. The first-order valence-corrected chi connectivity index (χ1v) is 7.71. The Morgan fingerprint density at radius 3 is 2.73 bits per heavy atom. The van der Waals surface area contributed by atoms with Gasteiger partial charge in [-0.1, -0.05) is 17.7 Å². The van der Waals surface area contributed by atoms with Gasteiger partial charge >= 0.3 is 5.69 Å². The molecule has 134 valence electrons. The van der Waals surface area contributed by atoms with Crippen molar-refractivity contribution in [3.8, 4) is 0 Å². The average Bonchev–Trinajstić information content (AvgIpc) is 3.20. The van der Waals surface area contributed by atoms with Gasteiger partial charge in [-0.05, 0) is 17.7 Å². The minimum atomic E-state index is -0.591. The van der Waals surface area contributed by atoms with Gasteiger partial charge in [-0.25, -0.2) is 4.39 Å². The molecule has 11 heteroatoms. The number of hydrogen-bond donors (Lipinski definition) is 1. The van der Waals surface area contributed by atoms with Gasteiger partial charge in [0.1, 0.15) is 24.8 Å². The summed E-state index contributed by atoms with van der Waals surface area (Å²) in [7, 11) is 0. The molecule has 2 aromatic heterocycles. The Morgan fingerprint density at radius 2 is 2.04 bits per heavy atom. The van der Waals surface area contributed by atoms with Gasteiger partial charge in [0.2, 0.25) is 5.91 Å². The van der Waals surface area contributed by atoms with Crippen LogP contribution in [-0.2, 0) is 17.9 Å². The van der Waals surface area contributed by atoms with Gasteiger partial charge in [0.05, 0.1) is 23.4 Å². The van der Waals surface area contributed by atoms with Gasteiger partial charge in [-0.3, -0.25) is 24.3 Å². The zero-order valence-corrected chi connectivity index (χ0v) is 13.9. The van der Waals surface area contributed by atoms with Crippen LogP contribution in [0, 0.1) is 15.9 Å². The molecule has 9 nitrogen and oxygen atoms in total. The first kappa shape index (κ1) is 17.5. The SMILES string of the molecule is O=C(Cn1cc([N+](=O)[O-])cn1)Nc1cnn(Cc2ccc(F)cc2Cl)c1. The molecule has 2 heterocycles. The molecule has 0 saturated carbocycles. The molecule has 0 saturated heterocycles. The number of anilines is 1. The third kappa shape index (κ3) is 4.22. The molecule has 0 spiro atoms. The van der Waals surface area contributed by atoms with E-state index in [0.29, 0.717) is 17.8 Å². The standard InChI is InChI=1S/C15H12ClFN6O3/c16-14-3-11(17)2-1-10(14)6-21-7-12(4-18-21)20-15(24)9-22-8-13(5-19-22)23(25)26/h1-5,7-8H,6,9H2,(H,20,24). The molecule has 26 heavy (non-hydrogen) atoms. The Balaban J connectivity index is 1.60. The molecule has 0 aliphatic carbocycles. The number of rotatable bonds is 6. The number of hydrogen-bond acceptors (Lipinski definition) is 5. The molecule has 3 aromatic rings. The number of halogens is 2. The Kier molecular flexibility index (Phi) is 4.94. The van der Waals surface area contributed by atoms with Crippen LogP contribution in [0.25, 0.3) is 0 Å². The third-order valence-electron chi connectivity index (χ3n) is 3.40. The lowest BCUT2D eigenvalue weighted by Crippen LogP contribution is -2.18. The van der Waals surface area contributed by atoms with Gasteiger partial charge in [0.15, 0.2) is 0 Å². The number of nitrogens with one attached hydrogen (secondary N) is 1. The van der Waals surface area contributed by atoms with Gasteiger partial charge < -0.3 is 5.32 Å². The maximum atomic E-state index is 13.1. The summed E-state index contributed by atoms with van der Waals surface area (Å²) in [5.41, 5.74) is 0.926. The van der Waals surface area contributed by atoms with Crippen molar-refractivity contribution < 1.29 is 14.1 Å². The van der Waals surface area contributed by atoms with Gasteiger partial charge in [0.25, 0.3) is 0 Å². The molecule has 0 aliphatic heterocycles. The molecule has 0 bridgehead atoms. The number of nitro groups is 1. The van der Waals surface area contributed by atoms with E-state index in [4.69, 9.17) is 11.6 Å². The molecule has 0 aliphatic rings. The van der Waals surface area contributed by atoms with Gasteiger partial charge in [-0.15, -0.1) is 0 Å². The van der Waals surface area contributed by atoms with E-state index in [1.54, 1.807) is 12.3 Å². The fourth-order valence-electron chi connectivity index (χ4n) is 2.22. The van der Waals surface area contributed by atoms with Crippen molar-refractivity contribution in [1.82, 2.24) is 19.6 Å². The molecule has 3 rings (SSSR count). The van der Waals surface area contributed by atoms with E-state index in [-0.39, 0.29) is 17.3 Å². The molecular weight excluding hydrogens is 367 g/mol. The molecular formula is C15H12ClFN6O3. The molecule has 0 fully saturated rings. The third-order valence-corrected chi connectivity index (χ3v) is 3.75. The highest BCUT2D eigenvalue weighted by Gasteiger charge is 2.12. The predicted molar refractivity (Wildman–Crippen MR) is 90.3 cm³/mol. The number of amides is 1. The Hall–Kier alpha value is -3.27. The summed E-state index contributed by atoms with van der Waals surface area (Å²) in [5, 5.41) is 21.3. The van der Waals surface area contributed by atoms with E-state index in [2.05, 4.69) is 15.5 Å². The molecule has 0 unspecified atom stereocenters. The summed E-state index contributed by atoms with van der Waals surface area (Å²) in [4.78, 5) is 22.0. The fourth-order valence-corrected chi connectivity index (χ4v) is 2.45. The van der Waals surface area contributed by atoms with Crippen LogP contribution in [0.1, 0.15) is 5.56 Å². The summed E-state index contributed by atoms with van der Waals surface area (Å²) in [6, 6.07) is 4.07. The van der Waals surface area contributed by atoms with Crippen LogP contribution in [0.5, 0.6) is 0 Å². The topological polar surface area (TPSA) is 108 Å². The van der Waals surface area contributed by atoms with Crippen LogP contribution in [-0.4, -0.2) is 30.4 Å². The molecule has 1 amide bonds. The van der Waals surface area contributed by atoms with E-state index < -0.39 is 16.6 Å². The van der Waals surface area contributed by atoms with E-state index in [0.717, 1.165) is 10.9 Å². The minimum absolute atomic E-state index is 0.178. The van der Waals surface area contributed by atoms with Crippen LogP contribution in [0.3, 0.4) is 0 Å². The summed E-state index contributed by atoms with van der Waals surface area (Å²) < 4.78 is 15.8. The van der Waals surface area contributed by atoms with E-state index in [1.807, 2.05) is 0 Å². The Labute approximate surface area is 151 Å². The summed E-state index contributed by atoms with van der Waals surface area (Å²) in [5.74, 6) is -0.839. The Bertz CT molecular complexity index is 970. The average molecular weight is 379 g/mol. The first-order chi connectivity index (χ1) is 12.4. The van der Waals surface area contributed by atoms with E-state index in [1.165, 1.54) is 29.2 Å². The first-order valence-electron chi connectivity index (χ1n) is 7.34. The van der Waals surface area contributed by atoms with Crippen LogP contribution >= 0.6 is 11.6 Å². The maximum absolute atomic E-state index is 13.1. The zero-order chi connectivity index (χ0) is 18.7. The monoisotopic (exact) mass is 378 g/mol. The number of carbonyl (C=O) groups is 1. The van der Waals surface area contributed by atoms with Crippen molar-refractivity contribution in [2.45, 2.75) is 13.1 Å². The molecule has 0 radical (unpaired) electrons. The lowest BCUT2D eigenvalue weighted by atomic mass is 10.2. The van der Waals surface area contributed by atoms with Gasteiger partial charge in [-0.2, -0.15) is 10.2 Å². The maximum Gasteiger partial charge on any atom is 0.307 e. The normalized spacial score (nSPS) is 10.7. The second kappa shape index (κ2) is 7.31. The zero-order valence-electron chi connectivity index (χ0n) is 13.2. The lowest BCUT2D eigenvalue weighted by molar-refractivity contribution is -0.385. The molecule has 1 N–H and O–H groups in total. The molecule has 0 atom stereocenters. The smallest absolute Gasteiger partial charge is 0.307 e. The number of nitrogens with zero attached hydrogens (tertiary/aromatic N) is 5. The quantitative estimate of drug-likeness (QED) is 0.523. The van der Waals surface area contributed by atoms with Crippen molar-refractivity contribution in [2.24, 2.45) is 0 Å². The van der Waals surface area contributed by atoms with Crippen molar-refractivity contribution in [1.29, 1.82) is 0 Å². The van der Waals surface area contributed by atoms with E-state index >= 15 is 0 Å². The highest BCUT2D eigenvalue weighted by molar-refractivity contribution is 6.31. The van der Waals surface area contributed by atoms with Gasteiger partial charge in [0, 0.05) is 11.2 Å². The summed E-state index contributed by atoms with van der Waals surface area (Å²) >= 11 is 5.98. The van der Waals surface area contributed by atoms with Crippen molar-refractivity contribution in [2.75, 3.05) is 5.32 Å². The number of aromatic nitrogens is 4. The second-order valence-corrected chi connectivity index (χ2v) is 5.77.